The Balaban J connectivity index is 1.80. The number of amides is 2. The minimum Gasteiger partial charge on any atom is -0.496 e. The number of urea groups is 1. The zero-order valence-electron chi connectivity index (χ0n) is 16.6. The first-order valence-corrected chi connectivity index (χ1v) is 10.5. The normalized spacial score (nSPS) is 13.1. The van der Waals surface area contributed by atoms with Crippen LogP contribution in [0, 0.1) is 0 Å². The number of anilines is 1. The topological polar surface area (TPSA) is 88.1 Å². The summed E-state index contributed by atoms with van der Waals surface area (Å²) in [5.74, 6) is 0.616. The second kappa shape index (κ2) is 9.76. The number of methoxy groups -OCH3 is 1. The Bertz CT molecular complexity index is 863. The van der Waals surface area contributed by atoms with Crippen LogP contribution in [0.4, 0.5) is 9.80 Å². The van der Waals surface area contributed by atoms with Gasteiger partial charge in [-0.25, -0.2) is 9.59 Å². The number of carbonyl (C=O) groups is 2. The molecule has 1 fully saturated rings. The number of aliphatic hydroxyl groups excluding tert-OH is 1. The van der Waals surface area contributed by atoms with Gasteiger partial charge in [-0.2, -0.15) is 0 Å². The zero-order chi connectivity index (χ0) is 20.8. The lowest BCUT2D eigenvalue weighted by molar-refractivity contribution is 0.0527. The predicted molar refractivity (Wildman–Crippen MR) is 112 cm³/mol. The van der Waals surface area contributed by atoms with Gasteiger partial charge in [-0.3, -0.25) is 5.32 Å². The molecule has 1 aliphatic carbocycles. The number of para-hydroxylation sites is 1. The van der Waals surface area contributed by atoms with Crippen molar-refractivity contribution in [2.24, 2.45) is 0 Å². The first kappa shape index (κ1) is 21.1. The Morgan fingerprint density at radius 2 is 2.07 bits per heavy atom. The zero-order valence-corrected chi connectivity index (χ0v) is 17.5. The van der Waals surface area contributed by atoms with Crippen molar-refractivity contribution < 1.29 is 24.2 Å². The van der Waals surface area contributed by atoms with Crippen molar-refractivity contribution in [3.8, 4) is 5.75 Å². The van der Waals surface area contributed by atoms with Gasteiger partial charge >= 0.3 is 12.0 Å². The van der Waals surface area contributed by atoms with Crippen molar-refractivity contribution in [2.45, 2.75) is 32.2 Å². The number of nitrogens with one attached hydrogen (secondary N) is 1. The van der Waals surface area contributed by atoms with Crippen molar-refractivity contribution in [3.63, 3.8) is 0 Å². The van der Waals surface area contributed by atoms with Crippen molar-refractivity contribution in [3.05, 3.63) is 46.3 Å². The summed E-state index contributed by atoms with van der Waals surface area (Å²) in [4.78, 5) is 26.9. The van der Waals surface area contributed by atoms with E-state index in [0.717, 1.165) is 24.0 Å². The van der Waals surface area contributed by atoms with Gasteiger partial charge in [0.2, 0.25) is 0 Å². The first-order chi connectivity index (χ1) is 14.1. The molecule has 1 heterocycles. The molecular weight excluding hydrogens is 392 g/mol. The fourth-order valence-electron chi connectivity index (χ4n) is 3.16. The highest BCUT2D eigenvalue weighted by Crippen LogP contribution is 2.46. The smallest absolute Gasteiger partial charge is 0.341 e. The van der Waals surface area contributed by atoms with Crippen molar-refractivity contribution in [2.75, 3.05) is 32.2 Å². The molecule has 1 aromatic heterocycles. The van der Waals surface area contributed by atoms with Gasteiger partial charge in [-0.1, -0.05) is 18.2 Å². The standard InChI is InChI=1S/C21H26N2O5S/c1-3-28-20(25)18-16(14-8-9-14)13-29-19(18)22-21(26)23(10-11-24)12-15-6-4-5-7-17(15)27-2/h4-7,13-14,24H,3,8-12H2,1-2H3,(H,22,26). The Labute approximate surface area is 174 Å². The molecule has 1 aliphatic rings. The molecule has 7 nitrogen and oxygen atoms in total. The number of hydrogen-bond acceptors (Lipinski definition) is 6. The SMILES string of the molecule is CCOC(=O)c1c(C2CC2)csc1NC(=O)N(CCO)Cc1ccccc1OC. The Kier molecular flexibility index (Phi) is 7.11. The molecule has 2 amide bonds. The van der Waals surface area contributed by atoms with Crippen LogP contribution in [-0.4, -0.2) is 48.9 Å². The maximum absolute atomic E-state index is 13.0. The highest BCUT2D eigenvalue weighted by molar-refractivity contribution is 7.15. The summed E-state index contributed by atoms with van der Waals surface area (Å²) in [6, 6.07) is 7.03. The van der Waals surface area contributed by atoms with Crippen LogP contribution in [0.25, 0.3) is 0 Å². The molecule has 0 atom stereocenters. The summed E-state index contributed by atoms with van der Waals surface area (Å²) in [7, 11) is 1.58. The number of aliphatic hydroxyl groups is 1. The number of nitrogens with zero attached hydrogens (tertiary/aromatic N) is 1. The van der Waals surface area contributed by atoms with Gasteiger partial charge in [-0.05, 0) is 42.7 Å². The molecule has 1 saturated carbocycles. The van der Waals surface area contributed by atoms with E-state index in [4.69, 9.17) is 9.47 Å². The lowest BCUT2D eigenvalue weighted by atomic mass is 10.1. The highest BCUT2D eigenvalue weighted by Gasteiger charge is 2.32. The van der Waals surface area contributed by atoms with Crippen LogP contribution in [0.1, 0.15) is 47.2 Å². The average Bonchev–Trinajstić information content (AvgIpc) is 3.48. The predicted octanol–water partition coefficient (Wildman–Crippen LogP) is 3.84. The summed E-state index contributed by atoms with van der Waals surface area (Å²) in [5, 5.41) is 14.7. The number of benzene rings is 1. The van der Waals surface area contributed by atoms with Crippen LogP contribution in [0.15, 0.2) is 29.6 Å². The maximum Gasteiger partial charge on any atom is 0.341 e. The van der Waals surface area contributed by atoms with E-state index in [-0.39, 0.29) is 32.3 Å². The largest absolute Gasteiger partial charge is 0.496 e. The van der Waals surface area contributed by atoms with E-state index >= 15 is 0 Å². The molecule has 156 valence electrons. The van der Waals surface area contributed by atoms with Gasteiger partial charge in [-0.15, -0.1) is 11.3 Å². The number of hydrogen-bond donors (Lipinski definition) is 2. The second-order valence-electron chi connectivity index (χ2n) is 6.78. The molecule has 0 unspecified atom stereocenters. The van der Waals surface area contributed by atoms with Crippen LogP contribution in [0.2, 0.25) is 0 Å². The van der Waals surface area contributed by atoms with E-state index in [1.54, 1.807) is 14.0 Å². The van der Waals surface area contributed by atoms with Gasteiger partial charge in [0.05, 0.1) is 32.4 Å². The van der Waals surface area contributed by atoms with E-state index in [9.17, 15) is 14.7 Å². The van der Waals surface area contributed by atoms with Crippen LogP contribution in [0.3, 0.4) is 0 Å². The summed E-state index contributed by atoms with van der Waals surface area (Å²) in [5.41, 5.74) is 2.23. The molecule has 2 N–H and O–H groups in total. The number of thiophene rings is 1. The summed E-state index contributed by atoms with van der Waals surface area (Å²) in [6.45, 7) is 2.28. The number of carbonyl (C=O) groups excluding carboxylic acids is 2. The van der Waals surface area contributed by atoms with Crippen molar-refractivity contribution in [1.29, 1.82) is 0 Å². The molecule has 3 rings (SSSR count). The van der Waals surface area contributed by atoms with E-state index in [1.165, 1.54) is 16.2 Å². The Morgan fingerprint density at radius 1 is 1.31 bits per heavy atom. The summed E-state index contributed by atoms with van der Waals surface area (Å²) in [6.07, 6.45) is 2.09. The molecular formula is C21H26N2O5S. The minimum atomic E-state index is -0.413. The molecule has 0 spiro atoms. The lowest BCUT2D eigenvalue weighted by Crippen LogP contribution is -2.36. The van der Waals surface area contributed by atoms with Crippen LogP contribution in [0.5, 0.6) is 5.75 Å². The van der Waals surface area contributed by atoms with Gasteiger partial charge in [0, 0.05) is 12.1 Å². The molecule has 29 heavy (non-hydrogen) atoms. The average molecular weight is 419 g/mol. The minimum absolute atomic E-state index is 0.152. The molecule has 0 saturated heterocycles. The van der Waals surface area contributed by atoms with E-state index in [2.05, 4.69) is 5.32 Å². The van der Waals surface area contributed by atoms with Gasteiger partial charge in [0.25, 0.3) is 0 Å². The molecule has 0 bridgehead atoms. The molecule has 0 aliphatic heterocycles. The number of rotatable bonds is 9. The monoisotopic (exact) mass is 418 g/mol. The van der Waals surface area contributed by atoms with Crippen molar-refractivity contribution in [1.82, 2.24) is 4.90 Å². The fraction of sp³-hybridized carbons (Fsp3) is 0.429. The summed E-state index contributed by atoms with van der Waals surface area (Å²) < 4.78 is 10.6. The molecule has 2 aromatic rings. The van der Waals surface area contributed by atoms with E-state index < -0.39 is 5.97 Å². The maximum atomic E-state index is 13.0. The molecule has 1 aromatic carbocycles. The quantitative estimate of drug-likeness (QED) is 0.604. The van der Waals surface area contributed by atoms with Crippen molar-refractivity contribution >= 4 is 28.3 Å². The third kappa shape index (κ3) is 5.07. The van der Waals surface area contributed by atoms with Gasteiger partial charge in [0.1, 0.15) is 10.8 Å². The second-order valence-corrected chi connectivity index (χ2v) is 7.66. The number of ether oxygens (including phenoxy) is 2. The summed E-state index contributed by atoms with van der Waals surface area (Å²) >= 11 is 1.33. The lowest BCUT2D eigenvalue weighted by Gasteiger charge is -2.23. The Morgan fingerprint density at radius 3 is 2.72 bits per heavy atom. The van der Waals surface area contributed by atoms with Gasteiger partial charge in [0.15, 0.2) is 0 Å². The first-order valence-electron chi connectivity index (χ1n) is 9.66. The fourth-order valence-corrected chi connectivity index (χ4v) is 4.18. The molecule has 0 radical (unpaired) electrons. The van der Waals surface area contributed by atoms with E-state index in [0.29, 0.717) is 22.2 Å². The van der Waals surface area contributed by atoms with E-state index in [1.807, 2.05) is 29.6 Å². The van der Waals surface area contributed by atoms with Crippen LogP contribution < -0.4 is 10.1 Å². The van der Waals surface area contributed by atoms with Gasteiger partial charge < -0.3 is 19.5 Å². The van der Waals surface area contributed by atoms with Crippen LogP contribution >= 0.6 is 11.3 Å². The molecule has 8 heteroatoms. The number of esters is 1. The Hall–Kier alpha value is -2.58. The third-order valence-electron chi connectivity index (χ3n) is 4.75. The third-order valence-corrected chi connectivity index (χ3v) is 5.66. The highest BCUT2D eigenvalue weighted by atomic mass is 32.1. The van der Waals surface area contributed by atoms with Crippen LogP contribution in [-0.2, 0) is 11.3 Å².